The van der Waals surface area contributed by atoms with Crippen molar-refractivity contribution in [2.75, 3.05) is 27.2 Å². The molecule has 0 aliphatic carbocycles. The molecule has 2 heterocycles. The standard InChI is InChI=1S/C21H24N4O3S/c1-24(2)29(27,28)17-9-5-7-15(13-17)21(26)25-12-6-8-16(14-25)20-22-18-10-3-4-11-19(18)23-20/h3-5,7,9-11,13,16H,6,8,12,14H2,1-2H3,(H,22,23)/t16-/m1/s1. The third-order valence-corrected chi connectivity index (χ3v) is 7.17. The van der Waals surface area contributed by atoms with Crippen LogP contribution in [0.2, 0.25) is 0 Å². The molecule has 0 radical (unpaired) electrons. The van der Waals surface area contributed by atoms with Gasteiger partial charge in [0.25, 0.3) is 5.91 Å². The van der Waals surface area contributed by atoms with Crippen LogP contribution in [0.4, 0.5) is 0 Å². The van der Waals surface area contributed by atoms with Gasteiger partial charge in [0.05, 0.1) is 15.9 Å². The summed E-state index contributed by atoms with van der Waals surface area (Å²) in [6, 6.07) is 14.1. The van der Waals surface area contributed by atoms with E-state index in [-0.39, 0.29) is 16.7 Å². The fourth-order valence-corrected chi connectivity index (χ4v) is 4.68. The van der Waals surface area contributed by atoms with E-state index in [1.807, 2.05) is 24.3 Å². The molecular formula is C21H24N4O3S. The van der Waals surface area contributed by atoms with E-state index in [2.05, 4.69) is 4.98 Å². The molecule has 0 saturated carbocycles. The van der Waals surface area contributed by atoms with Crippen molar-refractivity contribution in [1.82, 2.24) is 19.2 Å². The predicted octanol–water partition coefficient (Wildman–Crippen LogP) is 2.83. The number of para-hydroxylation sites is 2. The fraction of sp³-hybridized carbons (Fsp3) is 0.333. The van der Waals surface area contributed by atoms with Crippen molar-refractivity contribution in [3.63, 3.8) is 0 Å². The number of H-pyrrole nitrogens is 1. The van der Waals surface area contributed by atoms with Crippen molar-refractivity contribution in [3.05, 3.63) is 59.9 Å². The Bertz CT molecular complexity index is 1120. The van der Waals surface area contributed by atoms with E-state index in [0.29, 0.717) is 18.7 Å². The second-order valence-corrected chi connectivity index (χ2v) is 9.70. The first kappa shape index (κ1) is 19.6. The van der Waals surface area contributed by atoms with E-state index < -0.39 is 10.0 Å². The zero-order chi connectivity index (χ0) is 20.6. The summed E-state index contributed by atoms with van der Waals surface area (Å²) in [6.45, 7) is 1.21. The Labute approximate surface area is 170 Å². The molecule has 1 fully saturated rings. The number of rotatable bonds is 4. The molecule has 1 amide bonds. The maximum Gasteiger partial charge on any atom is 0.253 e. The molecule has 29 heavy (non-hydrogen) atoms. The highest BCUT2D eigenvalue weighted by atomic mass is 32.2. The highest BCUT2D eigenvalue weighted by molar-refractivity contribution is 7.89. The number of nitrogens with zero attached hydrogens (tertiary/aromatic N) is 3. The highest BCUT2D eigenvalue weighted by Gasteiger charge is 2.28. The van der Waals surface area contributed by atoms with Crippen LogP contribution in [-0.2, 0) is 10.0 Å². The Morgan fingerprint density at radius 3 is 2.72 bits per heavy atom. The van der Waals surface area contributed by atoms with Crippen molar-refractivity contribution in [2.45, 2.75) is 23.7 Å². The number of imidazole rings is 1. The van der Waals surface area contributed by atoms with Crippen LogP contribution in [0.15, 0.2) is 53.4 Å². The van der Waals surface area contributed by atoms with Crippen molar-refractivity contribution in [2.24, 2.45) is 0 Å². The molecule has 0 spiro atoms. The quantitative estimate of drug-likeness (QED) is 0.714. The lowest BCUT2D eigenvalue weighted by Crippen LogP contribution is -2.39. The van der Waals surface area contributed by atoms with E-state index in [9.17, 15) is 13.2 Å². The van der Waals surface area contributed by atoms with Crippen molar-refractivity contribution in [3.8, 4) is 0 Å². The second-order valence-electron chi connectivity index (χ2n) is 7.54. The van der Waals surface area contributed by atoms with Gasteiger partial charge in [0.15, 0.2) is 0 Å². The third-order valence-electron chi connectivity index (χ3n) is 5.36. The number of carbonyl (C=O) groups excluding carboxylic acids is 1. The van der Waals surface area contributed by atoms with Crippen LogP contribution in [0.1, 0.15) is 34.9 Å². The molecule has 0 bridgehead atoms. The summed E-state index contributed by atoms with van der Waals surface area (Å²) in [5.74, 6) is 0.878. The van der Waals surface area contributed by atoms with Crippen LogP contribution in [0.3, 0.4) is 0 Å². The predicted molar refractivity (Wildman–Crippen MR) is 111 cm³/mol. The highest BCUT2D eigenvalue weighted by Crippen LogP contribution is 2.28. The van der Waals surface area contributed by atoms with Crippen LogP contribution in [0.25, 0.3) is 11.0 Å². The van der Waals surface area contributed by atoms with Gasteiger partial charge >= 0.3 is 0 Å². The Hall–Kier alpha value is -2.71. The van der Waals surface area contributed by atoms with Crippen molar-refractivity contribution in [1.29, 1.82) is 0 Å². The molecule has 1 aromatic heterocycles. The first-order valence-corrected chi connectivity index (χ1v) is 11.1. The number of sulfonamides is 1. The molecular weight excluding hydrogens is 388 g/mol. The number of fused-ring (bicyclic) bond motifs is 1. The molecule has 1 N–H and O–H groups in total. The Morgan fingerprint density at radius 2 is 1.97 bits per heavy atom. The minimum Gasteiger partial charge on any atom is -0.342 e. The Balaban J connectivity index is 1.56. The summed E-state index contributed by atoms with van der Waals surface area (Å²) in [5, 5.41) is 0. The average Bonchev–Trinajstić information content (AvgIpc) is 3.17. The van der Waals surface area contributed by atoms with E-state index in [0.717, 1.165) is 34.0 Å². The number of hydrogen-bond donors (Lipinski definition) is 1. The zero-order valence-corrected chi connectivity index (χ0v) is 17.3. The van der Waals surface area contributed by atoms with Gasteiger partial charge in [-0.3, -0.25) is 4.79 Å². The Kier molecular flexibility index (Phi) is 5.14. The summed E-state index contributed by atoms with van der Waals surface area (Å²) in [5.41, 5.74) is 2.30. The Morgan fingerprint density at radius 1 is 1.17 bits per heavy atom. The molecule has 1 aliphatic heterocycles. The van der Waals surface area contributed by atoms with E-state index in [1.165, 1.54) is 26.2 Å². The van der Waals surface area contributed by atoms with Gasteiger partial charge in [-0.2, -0.15) is 0 Å². The second kappa shape index (κ2) is 7.61. The number of likely N-dealkylation sites (tertiary alicyclic amines) is 1. The maximum absolute atomic E-state index is 13.1. The number of piperidine rings is 1. The number of hydrogen-bond acceptors (Lipinski definition) is 4. The van der Waals surface area contributed by atoms with E-state index in [4.69, 9.17) is 4.98 Å². The lowest BCUT2D eigenvalue weighted by molar-refractivity contribution is 0.0704. The van der Waals surface area contributed by atoms with Crippen LogP contribution in [0, 0.1) is 0 Å². The molecule has 152 valence electrons. The normalized spacial score (nSPS) is 17.8. The topological polar surface area (TPSA) is 86.4 Å². The minimum atomic E-state index is -3.58. The van der Waals surface area contributed by atoms with Crippen LogP contribution in [-0.4, -0.2) is 60.7 Å². The SMILES string of the molecule is CN(C)S(=O)(=O)c1cccc(C(=O)N2CCC[C@@H](c3nc4ccccc4[nH]3)C2)c1. The number of nitrogens with one attached hydrogen (secondary N) is 1. The maximum atomic E-state index is 13.1. The number of amides is 1. The van der Waals surface area contributed by atoms with Crippen LogP contribution in [0.5, 0.6) is 0 Å². The van der Waals surface area contributed by atoms with Gasteiger partial charge in [-0.05, 0) is 43.2 Å². The lowest BCUT2D eigenvalue weighted by Gasteiger charge is -2.32. The molecule has 4 rings (SSSR count). The molecule has 1 saturated heterocycles. The number of carbonyl (C=O) groups is 1. The fourth-order valence-electron chi connectivity index (χ4n) is 3.73. The van der Waals surface area contributed by atoms with Crippen molar-refractivity contribution >= 4 is 27.0 Å². The van der Waals surface area contributed by atoms with Gasteiger partial charge in [-0.15, -0.1) is 0 Å². The zero-order valence-electron chi connectivity index (χ0n) is 16.5. The lowest BCUT2D eigenvalue weighted by atomic mass is 9.96. The smallest absolute Gasteiger partial charge is 0.253 e. The van der Waals surface area contributed by atoms with Gasteiger partial charge in [-0.25, -0.2) is 17.7 Å². The van der Waals surface area contributed by atoms with Gasteiger partial charge < -0.3 is 9.88 Å². The summed E-state index contributed by atoms with van der Waals surface area (Å²) in [7, 11) is -0.627. The number of aromatic nitrogens is 2. The molecule has 2 aromatic carbocycles. The summed E-state index contributed by atoms with van der Waals surface area (Å²) < 4.78 is 25.9. The molecule has 7 nitrogen and oxygen atoms in total. The first-order chi connectivity index (χ1) is 13.9. The van der Waals surface area contributed by atoms with Crippen LogP contribution >= 0.6 is 0 Å². The average molecular weight is 413 g/mol. The van der Waals surface area contributed by atoms with Gasteiger partial charge in [0, 0.05) is 38.7 Å². The summed E-state index contributed by atoms with van der Waals surface area (Å²) in [6.07, 6.45) is 1.84. The van der Waals surface area contributed by atoms with E-state index >= 15 is 0 Å². The minimum absolute atomic E-state index is 0.124. The largest absolute Gasteiger partial charge is 0.342 e. The molecule has 1 aliphatic rings. The molecule has 1 atom stereocenters. The molecule has 3 aromatic rings. The summed E-state index contributed by atoms with van der Waals surface area (Å²) >= 11 is 0. The number of benzene rings is 2. The van der Waals surface area contributed by atoms with Gasteiger partial charge in [-0.1, -0.05) is 18.2 Å². The van der Waals surface area contributed by atoms with Crippen molar-refractivity contribution < 1.29 is 13.2 Å². The first-order valence-electron chi connectivity index (χ1n) is 9.63. The third kappa shape index (κ3) is 3.77. The molecule has 8 heteroatoms. The molecule has 0 unspecified atom stereocenters. The number of aromatic amines is 1. The summed E-state index contributed by atoms with van der Waals surface area (Å²) in [4.78, 5) is 23.1. The van der Waals surface area contributed by atoms with Gasteiger partial charge in [0.1, 0.15) is 5.82 Å². The monoisotopic (exact) mass is 412 g/mol. The van der Waals surface area contributed by atoms with Gasteiger partial charge in [0.2, 0.25) is 10.0 Å². The van der Waals surface area contributed by atoms with Crippen LogP contribution < -0.4 is 0 Å². The van der Waals surface area contributed by atoms with E-state index in [1.54, 1.807) is 17.0 Å².